The lowest BCUT2D eigenvalue weighted by molar-refractivity contribution is -0.384. The summed E-state index contributed by atoms with van der Waals surface area (Å²) in [6, 6.07) is 15.7. The van der Waals surface area contributed by atoms with Crippen molar-refractivity contribution in [2.75, 3.05) is 0 Å². The Labute approximate surface area is 132 Å². The zero-order valence-electron chi connectivity index (χ0n) is 12.1. The lowest BCUT2D eigenvalue weighted by Crippen LogP contribution is -2.01. The molecule has 1 aliphatic heterocycles. The van der Waals surface area contributed by atoms with Crippen molar-refractivity contribution in [3.05, 3.63) is 93.2 Å². The Balaban J connectivity index is 1.78. The van der Waals surface area contributed by atoms with Gasteiger partial charge in [0, 0.05) is 24.1 Å². The van der Waals surface area contributed by atoms with E-state index in [2.05, 4.69) is 0 Å². The van der Waals surface area contributed by atoms with Gasteiger partial charge in [-0.1, -0.05) is 30.3 Å². The molecule has 0 radical (unpaired) electrons. The molecule has 0 unspecified atom stereocenters. The maximum absolute atomic E-state index is 11.9. The summed E-state index contributed by atoms with van der Waals surface area (Å²) >= 11 is 0. The summed E-state index contributed by atoms with van der Waals surface area (Å²) in [4.78, 5) is 22.1. The lowest BCUT2D eigenvalue weighted by atomic mass is 10.1. The van der Waals surface area contributed by atoms with Crippen LogP contribution in [0.25, 0.3) is 6.08 Å². The van der Waals surface area contributed by atoms with Crippen molar-refractivity contribution >= 4 is 17.7 Å². The van der Waals surface area contributed by atoms with Gasteiger partial charge >= 0.3 is 5.97 Å². The van der Waals surface area contributed by atoms with Gasteiger partial charge in [0.25, 0.3) is 5.69 Å². The fraction of sp³-hybridized carbons (Fsp3) is 0.0556. The summed E-state index contributed by atoms with van der Waals surface area (Å²) in [5, 5.41) is 10.6. The summed E-state index contributed by atoms with van der Waals surface area (Å²) in [7, 11) is 0. The number of nitrogens with zero attached hydrogens (tertiary/aromatic N) is 1. The lowest BCUT2D eigenvalue weighted by Gasteiger charge is -1.99. The van der Waals surface area contributed by atoms with E-state index in [-0.39, 0.29) is 11.7 Å². The number of hydrogen-bond acceptors (Lipinski definition) is 4. The van der Waals surface area contributed by atoms with Crippen molar-refractivity contribution < 1.29 is 14.5 Å². The minimum absolute atomic E-state index is 0.0240. The monoisotopic (exact) mass is 307 g/mol. The summed E-state index contributed by atoms with van der Waals surface area (Å²) in [6.45, 7) is 0. The highest BCUT2D eigenvalue weighted by molar-refractivity contribution is 5.94. The topological polar surface area (TPSA) is 69.4 Å². The van der Waals surface area contributed by atoms with Gasteiger partial charge in [-0.2, -0.15) is 0 Å². The molecule has 0 atom stereocenters. The predicted molar refractivity (Wildman–Crippen MR) is 85.4 cm³/mol. The average Bonchev–Trinajstić information content (AvgIpc) is 2.88. The molecule has 5 heteroatoms. The molecule has 0 aromatic heterocycles. The number of non-ortho nitro benzene ring substituents is 1. The Hall–Kier alpha value is -3.21. The van der Waals surface area contributed by atoms with Crippen LogP contribution in [0.3, 0.4) is 0 Å². The van der Waals surface area contributed by atoms with E-state index in [1.807, 2.05) is 30.3 Å². The third-order valence-electron chi connectivity index (χ3n) is 3.44. The zero-order chi connectivity index (χ0) is 16.2. The van der Waals surface area contributed by atoms with Gasteiger partial charge in [-0.25, -0.2) is 4.79 Å². The summed E-state index contributed by atoms with van der Waals surface area (Å²) in [5.74, 6) is 0.0804. The molecule has 0 N–H and O–H groups in total. The van der Waals surface area contributed by atoms with Crippen molar-refractivity contribution in [3.8, 4) is 0 Å². The quantitative estimate of drug-likeness (QED) is 0.491. The number of carbonyl (C=O) groups excluding carboxylic acids is 1. The first-order valence-electron chi connectivity index (χ1n) is 7.04. The van der Waals surface area contributed by atoms with E-state index in [9.17, 15) is 14.9 Å². The molecule has 0 saturated carbocycles. The van der Waals surface area contributed by atoms with Gasteiger partial charge in [-0.05, 0) is 35.4 Å². The normalized spacial score (nSPS) is 15.4. The number of cyclic esters (lactones) is 1. The fourth-order valence-electron chi connectivity index (χ4n) is 2.30. The molecule has 1 heterocycles. The summed E-state index contributed by atoms with van der Waals surface area (Å²) < 4.78 is 5.22. The molecule has 0 amide bonds. The molecule has 0 saturated heterocycles. The SMILES string of the molecule is O=C1O/C(=C/c2ccc([N+](=O)[O-])cc2)C=C1Cc1ccccc1. The second kappa shape index (κ2) is 6.27. The van der Waals surface area contributed by atoms with Crippen molar-refractivity contribution in [1.82, 2.24) is 0 Å². The summed E-state index contributed by atoms with van der Waals surface area (Å²) in [5.41, 5.74) is 2.38. The van der Waals surface area contributed by atoms with Crippen LogP contribution < -0.4 is 0 Å². The van der Waals surface area contributed by atoms with Crippen LogP contribution in [0.2, 0.25) is 0 Å². The molecule has 0 fully saturated rings. The smallest absolute Gasteiger partial charge is 0.339 e. The number of rotatable bonds is 4. The molecule has 2 aromatic carbocycles. The molecule has 2 aromatic rings. The van der Waals surface area contributed by atoms with Crippen LogP contribution in [0.15, 0.2) is 72.0 Å². The van der Waals surface area contributed by atoms with Gasteiger partial charge in [0.2, 0.25) is 0 Å². The van der Waals surface area contributed by atoms with Crippen LogP contribution in [0.4, 0.5) is 5.69 Å². The molecule has 23 heavy (non-hydrogen) atoms. The first kappa shape index (κ1) is 14.7. The molecular formula is C18H13NO4. The first-order chi connectivity index (χ1) is 11.1. The van der Waals surface area contributed by atoms with E-state index in [0.717, 1.165) is 11.1 Å². The fourth-order valence-corrected chi connectivity index (χ4v) is 2.30. The zero-order valence-corrected chi connectivity index (χ0v) is 12.1. The highest BCUT2D eigenvalue weighted by Crippen LogP contribution is 2.23. The number of carbonyl (C=O) groups is 1. The molecule has 0 aliphatic carbocycles. The highest BCUT2D eigenvalue weighted by atomic mass is 16.6. The largest absolute Gasteiger partial charge is 0.423 e. The van der Waals surface area contributed by atoms with Crippen LogP contribution in [0.1, 0.15) is 11.1 Å². The Morgan fingerprint density at radius 3 is 2.39 bits per heavy atom. The molecule has 1 aliphatic rings. The minimum Gasteiger partial charge on any atom is -0.423 e. The van der Waals surface area contributed by atoms with Gasteiger partial charge < -0.3 is 4.74 Å². The summed E-state index contributed by atoms with van der Waals surface area (Å²) in [6.07, 6.45) is 3.90. The van der Waals surface area contributed by atoms with E-state index in [0.29, 0.717) is 17.8 Å². The minimum atomic E-state index is -0.454. The Morgan fingerprint density at radius 1 is 1.04 bits per heavy atom. The molecule has 0 spiro atoms. The first-order valence-corrected chi connectivity index (χ1v) is 7.04. The number of nitro groups is 1. The Morgan fingerprint density at radius 2 is 1.74 bits per heavy atom. The van der Waals surface area contributed by atoms with E-state index in [1.165, 1.54) is 12.1 Å². The highest BCUT2D eigenvalue weighted by Gasteiger charge is 2.21. The van der Waals surface area contributed by atoms with Crippen molar-refractivity contribution in [2.24, 2.45) is 0 Å². The molecule has 3 rings (SSSR count). The molecule has 5 nitrogen and oxygen atoms in total. The van der Waals surface area contributed by atoms with Crippen LogP contribution in [0, 0.1) is 10.1 Å². The van der Waals surface area contributed by atoms with E-state index < -0.39 is 4.92 Å². The van der Waals surface area contributed by atoms with Crippen LogP contribution >= 0.6 is 0 Å². The van der Waals surface area contributed by atoms with E-state index >= 15 is 0 Å². The third-order valence-corrected chi connectivity index (χ3v) is 3.44. The standard InChI is InChI=1S/C18H13NO4/c20-18-15(10-13-4-2-1-3-5-13)12-17(23-18)11-14-6-8-16(9-7-14)19(21)22/h1-9,11-12H,10H2/b17-11+. The Bertz CT molecular complexity index is 805. The van der Waals surface area contributed by atoms with Crippen molar-refractivity contribution in [1.29, 1.82) is 0 Å². The third kappa shape index (κ3) is 3.52. The predicted octanol–water partition coefficient (Wildman–Crippen LogP) is 3.66. The van der Waals surface area contributed by atoms with Crippen molar-refractivity contribution in [3.63, 3.8) is 0 Å². The number of esters is 1. The average molecular weight is 307 g/mol. The maximum Gasteiger partial charge on any atom is 0.339 e. The van der Waals surface area contributed by atoms with E-state index in [1.54, 1.807) is 24.3 Å². The van der Waals surface area contributed by atoms with Crippen LogP contribution in [-0.2, 0) is 16.0 Å². The van der Waals surface area contributed by atoms with E-state index in [4.69, 9.17) is 4.74 Å². The van der Waals surface area contributed by atoms with Gasteiger partial charge in [-0.15, -0.1) is 0 Å². The Kier molecular flexibility index (Phi) is 4.01. The van der Waals surface area contributed by atoms with Gasteiger partial charge in [0.05, 0.1) is 4.92 Å². The molecule has 114 valence electrons. The number of allylic oxidation sites excluding steroid dienone is 1. The van der Waals surface area contributed by atoms with Gasteiger partial charge in [-0.3, -0.25) is 10.1 Å². The molecular weight excluding hydrogens is 294 g/mol. The van der Waals surface area contributed by atoms with Gasteiger partial charge in [0.15, 0.2) is 0 Å². The van der Waals surface area contributed by atoms with Crippen LogP contribution in [-0.4, -0.2) is 10.9 Å². The number of benzene rings is 2. The second-order valence-corrected chi connectivity index (χ2v) is 5.12. The van der Waals surface area contributed by atoms with Gasteiger partial charge in [0.1, 0.15) is 5.76 Å². The van der Waals surface area contributed by atoms with Crippen molar-refractivity contribution in [2.45, 2.75) is 6.42 Å². The number of nitro benzene ring substituents is 1. The maximum atomic E-state index is 11.9. The number of ether oxygens (including phenoxy) is 1. The second-order valence-electron chi connectivity index (χ2n) is 5.12. The molecule has 0 bridgehead atoms. The van der Waals surface area contributed by atoms with Crippen LogP contribution in [0.5, 0.6) is 0 Å². The number of hydrogen-bond donors (Lipinski definition) is 0.